The number of amides is 1. The lowest BCUT2D eigenvalue weighted by molar-refractivity contribution is -0.142. The molecule has 0 saturated heterocycles. The minimum atomic E-state index is -4.92. The summed E-state index contributed by atoms with van der Waals surface area (Å²) in [6.07, 6.45) is -4.92. The van der Waals surface area contributed by atoms with Crippen LogP contribution in [0.25, 0.3) is 11.0 Å². The van der Waals surface area contributed by atoms with Crippen molar-refractivity contribution in [3.05, 3.63) is 69.1 Å². The van der Waals surface area contributed by atoms with Crippen molar-refractivity contribution in [1.82, 2.24) is 9.55 Å². The second-order valence-corrected chi connectivity index (χ2v) is 6.64. The second kappa shape index (κ2) is 7.10. The molecule has 3 rings (SSSR count). The molecule has 2 aromatic carbocycles. The number of alkyl halides is 3. The molecule has 146 valence electrons. The summed E-state index contributed by atoms with van der Waals surface area (Å²) in [5.41, 5.74) is 0.159. The number of hydrogen-bond donors (Lipinski definition) is 1. The maximum Gasteiger partial charge on any atom is 0.438 e. The number of nitrogens with one attached hydrogen (secondary N) is 1. The zero-order valence-corrected chi connectivity index (χ0v) is 15.5. The zero-order chi connectivity index (χ0) is 20.6. The molecule has 0 aliphatic carbocycles. The molecule has 1 aromatic heterocycles. The van der Waals surface area contributed by atoms with E-state index in [1.165, 1.54) is 6.07 Å². The number of para-hydroxylation sites is 1. The number of carbonyl (C=O) groups excluding carboxylic acids is 1. The van der Waals surface area contributed by atoms with Crippen molar-refractivity contribution in [3.8, 4) is 0 Å². The molecule has 0 atom stereocenters. The Morgan fingerprint density at radius 2 is 1.71 bits per heavy atom. The fourth-order valence-corrected chi connectivity index (χ4v) is 2.89. The first-order chi connectivity index (χ1) is 13.1. The number of anilines is 1. The Kier molecular flexibility index (Phi) is 4.97. The van der Waals surface area contributed by atoms with Crippen molar-refractivity contribution in [3.63, 3.8) is 0 Å². The van der Waals surface area contributed by atoms with Crippen molar-refractivity contribution in [1.29, 1.82) is 0 Å². The largest absolute Gasteiger partial charge is 0.438 e. The fourth-order valence-electron chi connectivity index (χ4n) is 2.89. The first kappa shape index (κ1) is 19.6. The number of rotatable bonds is 3. The van der Waals surface area contributed by atoms with Gasteiger partial charge in [-0.1, -0.05) is 18.2 Å². The van der Waals surface area contributed by atoms with E-state index in [1.807, 2.05) is 0 Å². The van der Waals surface area contributed by atoms with Crippen LogP contribution in [0.1, 0.15) is 22.4 Å². The molecule has 8 heteroatoms. The van der Waals surface area contributed by atoms with Crippen LogP contribution in [0.4, 0.5) is 18.9 Å². The van der Waals surface area contributed by atoms with Crippen molar-refractivity contribution in [2.24, 2.45) is 0 Å². The van der Waals surface area contributed by atoms with Crippen LogP contribution in [0.15, 0.2) is 41.2 Å². The summed E-state index contributed by atoms with van der Waals surface area (Å²) in [5.74, 6) is -0.602. The van der Waals surface area contributed by atoms with E-state index < -0.39 is 29.9 Å². The van der Waals surface area contributed by atoms with Crippen LogP contribution in [0, 0.1) is 20.8 Å². The Bertz CT molecular complexity index is 1130. The SMILES string of the molecule is Cc1cc2nc(C(F)(F)F)c(=O)n(CC(=O)Nc3ccccc3C)c2cc1C. The summed E-state index contributed by atoms with van der Waals surface area (Å²) in [6.45, 7) is 4.74. The van der Waals surface area contributed by atoms with E-state index in [2.05, 4.69) is 10.3 Å². The maximum absolute atomic E-state index is 13.3. The van der Waals surface area contributed by atoms with Crippen molar-refractivity contribution in [2.45, 2.75) is 33.5 Å². The molecule has 0 bridgehead atoms. The van der Waals surface area contributed by atoms with Gasteiger partial charge in [0, 0.05) is 5.69 Å². The number of aryl methyl sites for hydroxylation is 3. The minimum Gasteiger partial charge on any atom is -0.324 e. The van der Waals surface area contributed by atoms with Crippen LogP contribution in [0.3, 0.4) is 0 Å². The van der Waals surface area contributed by atoms with E-state index in [0.29, 0.717) is 5.69 Å². The molecule has 28 heavy (non-hydrogen) atoms. The molecule has 0 fully saturated rings. The number of hydrogen-bond acceptors (Lipinski definition) is 3. The van der Waals surface area contributed by atoms with Gasteiger partial charge in [-0.25, -0.2) is 4.98 Å². The lowest BCUT2D eigenvalue weighted by Crippen LogP contribution is -2.34. The third kappa shape index (κ3) is 3.76. The molecule has 0 aliphatic heterocycles. The molecule has 0 spiro atoms. The third-order valence-corrected chi connectivity index (χ3v) is 4.55. The summed E-state index contributed by atoms with van der Waals surface area (Å²) >= 11 is 0. The van der Waals surface area contributed by atoms with E-state index >= 15 is 0 Å². The van der Waals surface area contributed by atoms with Gasteiger partial charge in [0.2, 0.25) is 11.6 Å². The van der Waals surface area contributed by atoms with Gasteiger partial charge in [0.25, 0.3) is 5.56 Å². The Hall–Kier alpha value is -3.16. The van der Waals surface area contributed by atoms with Gasteiger partial charge in [0.15, 0.2) is 0 Å². The summed E-state index contributed by atoms with van der Waals surface area (Å²) in [7, 11) is 0. The Morgan fingerprint density at radius 1 is 1.07 bits per heavy atom. The van der Waals surface area contributed by atoms with Gasteiger partial charge >= 0.3 is 6.18 Å². The highest BCUT2D eigenvalue weighted by Gasteiger charge is 2.37. The average Bonchev–Trinajstić information content (AvgIpc) is 2.60. The van der Waals surface area contributed by atoms with E-state index in [-0.39, 0.29) is 11.0 Å². The van der Waals surface area contributed by atoms with Crippen LogP contribution in [0.2, 0.25) is 0 Å². The monoisotopic (exact) mass is 389 g/mol. The van der Waals surface area contributed by atoms with Crippen LogP contribution >= 0.6 is 0 Å². The van der Waals surface area contributed by atoms with Crippen molar-refractivity contribution >= 4 is 22.6 Å². The van der Waals surface area contributed by atoms with Gasteiger partial charge in [-0.15, -0.1) is 0 Å². The number of fused-ring (bicyclic) bond motifs is 1. The summed E-state index contributed by atoms with van der Waals surface area (Å²) in [5, 5.41) is 2.63. The first-order valence-corrected chi connectivity index (χ1v) is 8.52. The van der Waals surface area contributed by atoms with E-state index in [4.69, 9.17) is 0 Å². The van der Waals surface area contributed by atoms with E-state index in [0.717, 1.165) is 21.3 Å². The highest BCUT2D eigenvalue weighted by molar-refractivity contribution is 5.92. The maximum atomic E-state index is 13.3. The van der Waals surface area contributed by atoms with Gasteiger partial charge < -0.3 is 5.32 Å². The molecular formula is C20H18F3N3O2. The molecular weight excluding hydrogens is 371 g/mol. The topological polar surface area (TPSA) is 64.0 Å². The molecule has 1 N–H and O–H groups in total. The number of benzene rings is 2. The molecule has 0 aliphatic rings. The molecule has 0 saturated carbocycles. The van der Waals surface area contributed by atoms with E-state index in [1.54, 1.807) is 51.1 Å². The Labute approximate surface area is 158 Å². The van der Waals surface area contributed by atoms with E-state index in [9.17, 15) is 22.8 Å². The van der Waals surface area contributed by atoms with Crippen molar-refractivity contribution < 1.29 is 18.0 Å². The van der Waals surface area contributed by atoms with Crippen molar-refractivity contribution in [2.75, 3.05) is 5.32 Å². The summed E-state index contributed by atoms with van der Waals surface area (Å²) in [4.78, 5) is 28.5. The van der Waals surface area contributed by atoms with Crippen LogP contribution in [0.5, 0.6) is 0 Å². The molecule has 1 heterocycles. The van der Waals surface area contributed by atoms with Gasteiger partial charge in [-0.05, 0) is 55.7 Å². The summed E-state index contributed by atoms with van der Waals surface area (Å²) in [6, 6.07) is 10.0. The molecule has 3 aromatic rings. The second-order valence-electron chi connectivity index (χ2n) is 6.64. The Morgan fingerprint density at radius 3 is 2.36 bits per heavy atom. The molecule has 0 unspecified atom stereocenters. The summed E-state index contributed by atoms with van der Waals surface area (Å²) < 4.78 is 40.7. The molecule has 5 nitrogen and oxygen atoms in total. The lowest BCUT2D eigenvalue weighted by Gasteiger charge is -2.15. The molecule has 0 radical (unpaired) electrons. The lowest BCUT2D eigenvalue weighted by atomic mass is 10.1. The normalized spacial score (nSPS) is 11.6. The smallest absolute Gasteiger partial charge is 0.324 e. The van der Waals surface area contributed by atoms with Gasteiger partial charge in [0.05, 0.1) is 11.0 Å². The third-order valence-electron chi connectivity index (χ3n) is 4.55. The predicted molar refractivity (Wildman–Crippen MR) is 100 cm³/mol. The molecule has 1 amide bonds. The van der Waals surface area contributed by atoms with Gasteiger partial charge in [-0.2, -0.15) is 13.2 Å². The fraction of sp³-hybridized carbons (Fsp3) is 0.250. The predicted octanol–water partition coefficient (Wildman–Crippen LogP) is 3.98. The number of aromatic nitrogens is 2. The van der Waals surface area contributed by atoms with Crippen LogP contribution in [-0.4, -0.2) is 15.5 Å². The first-order valence-electron chi connectivity index (χ1n) is 8.52. The Balaban J connectivity index is 2.11. The minimum absolute atomic E-state index is 0.0127. The standard InChI is InChI=1S/C20H18F3N3O2/c1-11-6-4-5-7-14(11)24-17(27)10-26-16-9-13(3)12(2)8-15(16)25-18(19(26)28)20(21,22)23/h4-9H,10H2,1-3H3,(H,24,27). The number of nitrogens with zero attached hydrogens (tertiary/aromatic N) is 2. The number of carbonyl (C=O) groups is 1. The zero-order valence-electron chi connectivity index (χ0n) is 15.5. The quantitative estimate of drug-likeness (QED) is 0.737. The van der Waals surface area contributed by atoms with Crippen LogP contribution in [-0.2, 0) is 17.5 Å². The highest BCUT2D eigenvalue weighted by atomic mass is 19.4. The van der Waals surface area contributed by atoms with Crippen LogP contribution < -0.4 is 10.9 Å². The number of halogens is 3. The van der Waals surface area contributed by atoms with Gasteiger partial charge in [0.1, 0.15) is 6.54 Å². The highest BCUT2D eigenvalue weighted by Crippen LogP contribution is 2.27. The average molecular weight is 389 g/mol. The van der Waals surface area contributed by atoms with Gasteiger partial charge in [-0.3, -0.25) is 14.2 Å².